The molecule has 2 aromatic rings. The molecule has 31 heavy (non-hydrogen) atoms. The van der Waals surface area contributed by atoms with Crippen molar-refractivity contribution in [2.45, 2.75) is 36.6 Å². The number of nitrogens with one attached hydrogen (secondary N) is 1. The van der Waals surface area contributed by atoms with Gasteiger partial charge >= 0.3 is 0 Å². The number of hydrogen-bond donors (Lipinski definition) is 2. The molecule has 2 heterocycles. The molecule has 3 N–H and O–H groups in total. The van der Waals surface area contributed by atoms with Gasteiger partial charge in [-0.15, -0.1) is 11.3 Å². The minimum atomic E-state index is -3.92. The van der Waals surface area contributed by atoms with Crippen molar-refractivity contribution in [2.24, 2.45) is 5.73 Å². The Morgan fingerprint density at radius 3 is 2.39 bits per heavy atom. The van der Waals surface area contributed by atoms with Gasteiger partial charge in [0.2, 0.25) is 0 Å². The van der Waals surface area contributed by atoms with Gasteiger partial charge in [-0.2, -0.15) is 4.31 Å². The zero-order chi connectivity index (χ0) is 22.8. The van der Waals surface area contributed by atoms with Crippen LogP contribution in [0.25, 0.3) is 0 Å². The van der Waals surface area contributed by atoms with Crippen LogP contribution >= 0.6 is 11.3 Å². The van der Waals surface area contributed by atoms with Gasteiger partial charge in [0, 0.05) is 31.7 Å². The summed E-state index contributed by atoms with van der Waals surface area (Å²) in [7, 11) is -3.92. The molecule has 0 saturated carbocycles. The highest BCUT2D eigenvalue weighted by Gasteiger charge is 2.46. The first-order valence-electron chi connectivity index (χ1n) is 10.0. The first-order chi connectivity index (χ1) is 14.6. The highest BCUT2D eigenvalue weighted by molar-refractivity contribution is 7.91. The summed E-state index contributed by atoms with van der Waals surface area (Å²) in [6, 6.07) is 10.3. The third-order valence-corrected chi connectivity index (χ3v) is 8.35. The Morgan fingerprint density at radius 2 is 1.84 bits per heavy atom. The molecule has 1 fully saturated rings. The molecule has 1 saturated heterocycles. The molecule has 0 aliphatic carbocycles. The van der Waals surface area contributed by atoms with E-state index >= 15 is 0 Å². The van der Waals surface area contributed by atoms with Gasteiger partial charge in [0.1, 0.15) is 4.21 Å². The Balaban J connectivity index is 1.93. The Hall–Kier alpha value is -2.27. The number of amides is 2. The van der Waals surface area contributed by atoms with Crippen molar-refractivity contribution in [2.75, 3.05) is 26.2 Å². The smallest absolute Gasteiger partial charge is 0.259 e. The van der Waals surface area contributed by atoms with Crippen LogP contribution in [-0.2, 0) is 20.2 Å². The van der Waals surface area contributed by atoms with Gasteiger partial charge in [0.15, 0.2) is 6.17 Å². The summed E-state index contributed by atoms with van der Waals surface area (Å²) >= 11 is 1.07. The van der Waals surface area contributed by atoms with E-state index in [2.05, 4.69) is 26.1 Å². The summed E-state index contributed by atoms with van der Waals surface area (Å²) in [6.07, 6.45) is -1.27. The zero-order valence-corrected chi connectivity index (χ0v) is 19.5. The molecule has 1 aromatic carbocycles. The number of nitrogens with zero attached hydrogens (tertiary/aromatic N) is 2. The maximum Gasteiger partial charge on any atom is 0.259 e. The molecular weight excluding hydrogens is 436 g/mol. The Kier molecular flexibility index (Phi) is 6.85. The van der Waals surface area contributed by atoms with Gasteiger partial charge < -0.3 is 16.0 Å². The SMILES string of the molecule is CC(C)(C)c1ccc(C(=O)N2CCN(S(=O)(=O)c3cccs3)C2C(=O)NCCN)cc1. The van der Waals surface area contributed by atoms with E-state index in [0.29, 0.717) is 5.56 Å². The number of hydrogen-bond acceptors (Lipinski definition) is 6. The molecule has 168 valence electrons. The van der Waals surface area contributed by atoms with Crippen LogP contribution in [0.2, 0.25) is 0 Å². The number of carbonyl (C=O) groups excluding carboxylic acids is 2. The van der Waals surface area contributed by atoms with Gasteiger partial charge in [-0.3, -0.25) is 9.59 Å². The van der Waals surface area contributed by atoms with E-state index in [9.17, 15) is 18.0 Å². The van der Waals surface area contributed by atoms with Crippen LogP contribution in [0.15, 0.2) is 46.0 Å². The summed E-state index contributed by atoms with van der Waals surface area (Å²) in [5.74, 6) is -0.958. The standard InChI is InChI=1S/C21H28N4O4S2/c1-21(2,3)16-8-6-15(7-9-16)20(27)24-12-13-25(19(24)18(26)23-11-10-22)31(28,29)17-5-4-14-30-17/h4-9,14,19H,10-13,22H2,1-3H3,(H,23,26). The molecule has 1 atom stereocenters. The van der Waals surface area contributed by atoms with Crippen LogP contribution in [0.3, 0.4) is 0 Å². The van der Waals surface area contributed by atoms with Gasteiger partial charge in [0.25, 0.3) is 21.8 Å². The zero-order valence-electron chi connectivity index (χ0n) is 17.9. The third-order valence-electron chi connectivity index (χ3n) is 5.12. The summed E-state index contributed by atoms with van der Waals surface area (Å²) in [4.78, 5) is 27.5. The van der Waals surface area contributed by atoms with Crippen LogP contribution in [0, 0.1) is 0 Å². The number of rotatable bonds is 6. The summed E-state index contributed by atoms with van der Waals surface area (Å²) in [5, 5.41) is 4.29. The van der Waals surface area contributed by atoms with E-state index in [1.807, 2.05) is 12.1 Å². The molecule has 3 rings (SSSR count). The first-order valence-corrected chi connectivity index (χ1v) is 12.3. The predicted molar refractivity (Wildman–Crippen MR) is 120 cm³/mol. The topological polar surface area (TPSA) is 113 Å². The van der Waals surface area contributed by atoms with Crippen LogP contribution < -0.4 is 11.1 Å². The molecule has 1 unspecified atom stereocenters. The summed E-state index contributed by atoms with van der Waals surface area (Å²) in [5.41, 5.74) is 6.89. The van der Waals surface area contributed by atoms with E-state index in [4.69, 9.17) is 5.73 Å². The average molecular weight is 465 g/mol. The Morgan fingerprint density at radius 1 is 1.16 bits per heavy atom. The molecular formula is C21H28N4O4S2. The lowest BCUT2D eigenvalue weighted by Crippen LogP contribution is -2.54. The molecule has 8 nitrogen and oxygen atoms in total. The van der Waals surface area contributed by atoms with E-state index in [1.54, 1.807) is 23.6 Å². The van der Waals surface area contributed by atoms with Crippen molar-refractivity contribution in [3.63, 3.8) is 0 Å². The van der Waals surface area contributed by atoms with Crippen LogP contribution in [0.1, 0.15) is 36.7 Å². The van der Waals surface area contributed by atoms with E-state index in [1.165, 1.54) is 11.0 Å². The molecule has 1 aliphatic rings. The van der Waals surface area contributed by atoms with E-state index in [0.717, 1.165) is 21.2 Å². The van der Waals surface area contributed by atoms with E-state index < -0.39 is 28.0 Å². The highest BCUT2D eigenvalue weighted by atomic mass is 32.2. The van der Waals surface area contributed by atoms with Crippen molar-refractivity contribution < 1.29 is 18.0 Å². The van der Waals surface area contributed by atoms with Crippen LogP contribution in [0.5, 0.6) is 0 Å². The van der Waals surface area contributed by atoms with Gasteiger partial charge in [-0.25, -0.2) is 8.42 Å². The molecule has 1 aromatic heterocycles. The van der Waals surface area contributed by atoms with Crippen molar-refractivity contribution >= 4 is 33.2 Å². The lowest BCUT2D eigenvalue weighted by Gasteiger charge is -2.28. The van der Waals surface area contributed by atoms with Gasteiger partial charge in [-0.05, 0) is 34.6 Å². The molecule has 10 heteroatoms. The molecule has 0 spiro atoms. The second-order valence-electron chi connectivity index (χ2n) is 8.33. The maximum absolute atomic E-state index is 13.3. The van der Waals surface area contributed by atoms with Crippen molar-refractivity contribution in [3.05, 3.63) is 52.9 Å². The largest absolute Gasteiger partial charge is 0.352 e. The van der Waals surface area contributed by atoms with Gasteiger partial charge in [-0.1, -0.05) is 39.0 Å². The van der Waals surface area contributed by atoms with E-state index in [-0.39, 0.29) is 35.8 Å². The maximum atomic E-state index is 13.3. The summed E-state index contributed by atoms with van der Waals surface area (Å²) in [6.45, 7) is 6.78. The summed E-state index contributed by atoms with van der Waals surface area (Å²) < 4.78 is 27.5. The minimum absolute atomic E-state index is 0.0345. The molecule has 2 amide bonds. The fraction of sp³-hybridized carbons (Fsp3) is 0.429. The monoisotopic (exact) mass is 464 g/mol. The number of thiophene rings is 1. The van der Waals surface area contributed by atoms with Crippen molar-refractivity contribution in [1.82, 2.24) is 14.5 Å². The minimum Gasteiger partial charge on any atom is -0.352 e. The number of benzene rings is 1. The number of sulfonamides is 1. The Labute approximate surface area is 187 Å². The second-order valence-corrected chi connectivity index (χ2v) is 11.4. The normalized spacial score (nSPS) is 17.7. The highest BCUT2D eigenvalue weighted by Crippen LogP contribution is 2.29. The van der Waals surface area contributed by atoms with Crippen LogP contribution in [-0.4, -0.2) is 61.8 Å². The third kappa shape index (κ3) is 4.82. The molecule has 0 bridgehead atoms. The Bertz CT molecular complexity index is 1030. The second kappa shape index (κ2) is 9.07. The average Bonchev–Trinajstić information content (AvgIpc) is 3.41. The molecule has 0 radical (unpaired) electrons. The lowest BCUT2D eigenvalue weighted by molar-refractivity contribution is -0.127. The fourth-order valence-corrected chi connectivity index (χ4v) is 6.10. The quantitative estimate of drug-likeness (QED) is 0.674. The molecule has 1 aliphatic heterocycles. The number of carbonyl (C=O) groups is 2. The first kappa shape index (κ1) is 23.4. The van der Waals surface area contributed by atoms with Crippen molar-refractivity contribution in [3.8, 4) is 0 Å². The number of nitrogens with two attached hydrogens (primary N) is 1. The fourth-order valence-electron chi connectivity index (χ4n) is 3.43. The lowest BCUT2D eigenvalue weighted by atomic mass is 9.86. The van der Waals surface area contributed by atoms with Crippen LogP contribution in [0.4, 0.5) is 0 Å². The predicted octanol–water partition coefficient (Wildman–Crippen LogP) is 1.59. The van der Waals surface area contributed by atoms with Gasteiger partial charge in [0.05, 0.1) is 0 Å². The van der Waals surface area contributed by atoms with Crippen molar-refractivity contribution in [1.29, 1.82) is 0 Å².